The van der Waals surface area contributed by atoms with Crippen molar-refractivity contribution in [3.05, 3.63) is 63.6 Å². The van der Waals surface area contributed by atoms with Gasteiger partial charge in [0, 0.05) is 10.0 Å². The number of carbonyl (C=O) groups excluding carboxylic acids is 1. The molecule has 6 heteroatoms. The lowest BCUT2D eigenvalue weighted by Crippen LogP contribution is -2.34. The van der Waals surface area contributed by atoms with Crippen LogP contribution in [0.15, 0.2) is 47.6 Å². The first kappa shape index (κ1) is 19.3. The van der Waals surface area contributed by atoms with Crippen molar-refractivity contribution >= 4 is 34.8 Å². The van der Waals surface area contributed by atoms with Gasteiger partial charge in [-0.25, -0.2) is 5.43 Å². The summed E-state index contributed by atoms with van der Waals surface area (Å²) in [5.41, 5.74) is 5.04. The van der Waals surface area contributed by atoms with Crippen LogP contribution in [0, 0.1) is 6.92 Å². The Bertz CT molecular complexity index is 791. The van der Waals surface area contributed by atoms with Crippen LogP contribution >= 0.6 is 23.2 Å². The fourth-order valence-corrected chi connectivity index (χ4v) is 2.64. The summed E-state index contributed by atoms with van der Waals surface area (Å²) >= 11 is 11.9. The van der Waals surface area contributed by atoms with Gasteiger partial charge in [0.2, 0.25) is 0 Å². The molecule has 0 aliphatic rings. The molecule has 25 heavy (non-hydrogen) atoms. The number of hydrogen-bond donors (Lipinski definition) is 1. The van der Waals surface area contributed by atoms with E-state index in [0.29, 0.717) is 22.2 Å². The van der Waals surface area contributed by atoms with Crippen molar-refractivity contribution in [2.45, 2.75) is 33.3 Å². The highest BCUT2D eigenvalue weighted by Crippen LogP contribution is 2.22. The second kappa shape index (κ2) is 8.88. The Hall–Kier alpha value is -2.04. The topological polar surface area (TPSA) is 50.7 Å². The van der Waals surface area contributed by atoms with Crippen LogP contribution in [0.3, 0.4) is 0 Å². The van der Waals surface area contributed by atoms with Gasteiger partial charge in [0.1, 0.15) is 5.75 Å². The molecule has 0 heterocycles. The summed E-state index contributed by atoms with van der Waals surface area (Å²) in [6.07, 6.45) is -0.0346. The molecule has 0 fully saturated rings. The zero-order valence-electron chi connectivity index (χ0n) is 14.3. The predicted octanol–water partition coefficient (Wildman–Crippen LogP) is 5.00. The Balaban J connectivity index is 2.04. The number of carbonyl (C=O) groups is 1. The summed E-state index contributed by atoms with van der Waals surface area (Å²) in [7, 11) is 0. The van der Waals surface area contributed by atoms with Crippen molar-refractivity contribution in [1.82, 2.24) is 5.43 Å². The summed E-state index contributed by atoms with van der Waals surface area (Å²) in [4.78, 5) is 12.2. The van der Waals surface area contributed by atoms with Crippen molar-refractivity contribution < 1.29 is 9.53 Å². The van der Waals surface area contributed by atoms with Crippen LogP contribution < -0.4 is 10.2 Å². The van der Waals surface area contributed by atoms with Crippen LogP contribution in [-0.2, 0) is 4.79 Å². The fourth-order valence-electron chi connectivity index (χ4n) is 2.22. The lowest BCUT2D eigenvalue weighted by molar-refractivity contribution is -0.127. The average Bonchev–Trinajstić information content (AvgIpc) is 2.57. The summed E-state index contributed by atoms with van der Waals surface area (Å²) in [6.45, 7) is 5.51. The number of nitrogens with one attached hydrogen (secondary N) is 1. The smallest absolute Gasteiger partial charge is 0.280 e. The van der Waals surface area contributed by atoms with Gasteiger partial charge in [0.15, 0.2) is 6.10 Å². The van der Waals surface area contributed by atoms with Crippen molar-refractivity contribution in [2.75, 3.05) is 0 Å². The van der Waals surface area contributed by atoms with Crippen LogP contribution in [0.4, 0.5) is 0 Å². The minimum atomic E-state index is -0.693. The molecule has 132 valence electrons. The molecule has 1 amide bonds. The predicted molar refractivity (Wildman–Crippen MR) is 103 cm³/mol. The van der Waals surface area contributed by atoms with Crippen LogP contribution in [0.25, 0.3) is 0 Å². The van der Waals surface area contributed by atoms with Gasteiger partial charge in [-0.2, -0.15) is 5.10 Å². The van der Waals surface area contributed by atoms with E-state index in [9.17, 15) is 4.79 Å². The molecular formula is C19H20Cl2N2O2. The van der Waals surface area contributed by atoms with Crippen molar-refractivity contribution in [1.29, 1.82) is 0 Å². The number of nitrogens with zero attached hydrogens (tertiary/aromatic N) is 1. The second-order valence-corrected chi connectivity index (χ2v) is 6.44. The first-order chi connectivity index (χ1) is 11.9. The van der Waals surface area contributed by atoms with Gasteiger partial charge >= 0.3 is 0 Å². The third kappa shape index (κ3) is 5.48. The van der Waals surface area contributed by atoms with E-state index in [4.69, 9.17) is 27.9 Å². The molecule has 0 bridgehead atoms. The molecule has 0 aliphatic carbocycles. The molecule has 1 unspecified atom stereocenters. The molecule has 2 aromatic carbocycles. The molecular weight excluding hydrogens is 359 g/mol. The minimum Gasteiger partial charge on any atom is -0.481 e. The van der Waals surface area contributed by atoms with Gasteiger partial charge in [-0.15, -0.1) is 0 Å². The number of hydrogen-bond acceptors (Lipinski definition) is 3. The van der Waals surface area contributed by atoms with Crippen molar-refractivity contribution in [3.63, 3.8) is 0 Å². The Labute approximate surface area is 157 Å². The third-order valence-corrected chi connectivity index (χ3v) is 4.07. The number of ether oxygens (including phenoxy) is 1. The monoisotopic (exact) mass is 378 g/mol. The average molecular weight is 379 g/mol. The molecule has 4 nitrogen and oxygen atoms in total. The maximum Gasteiger partial charge on any atom is 0.280 e. The van der Waals surface area contributed by atoms with Gasteiger partial charge in [-0.3, -0.25) is 4.79 Å². The Morgan fingerprint density at radius 1 is 1.20 bits per heavy atom. The minimum absolute atomic E-state index is 0.331. The van der Waals surface area contributed by atoms with E-state index >= 15 is 0 Å². The SMILES string of the molecule is CC/C(=N\NC(=O)C(C)Oc1ccc(Cl)cc1C)c1cccc(Cl)c1. The Morgan fingerprint density at radius 3 is 2.56 bits per heavy atom. The molecule has 0 saturated carbocycles. The summed E-state index contributed by atoms with van der Waals surface area (Å²) < 4.78 is 5.69. The van der Waals surface area contributed by atoms with E-state index in [0.717, 1.165) is 16.8 Å². The number of amides is 1. The van der Waals surface area contributed by atoms with Gasteiger partial charge in [0.05, 0.1) is 5.71 Å². The van der Waals surface area contributed by atoms with E-state index in [2.05, 4.69) is 10.5 Å². The molecule has 2 rings (SSSR count). The van der Waals surface area contributed by atoms with E-state index < -0.39 is 6.10 Å². The standard InChI is InChI=1S/C19H20Cl2N2O2/c1-4-17(14-6-5-7-15(20)11-14)22-23-19(24)13(3)25-18-9-8-16(21)10-12(18)2/h5-11,13H,4H2,1-3H3,(H,23,24)/b22-17+. The molecule has 0 spiro atoms. The van der Waals surface area contributed by atoms with Gasteiger partial charge in [-0.05, 0) is 61.7 Å². The maximum absolute atomic E-state index is 12.2. The first-order valence-electron chi connectivity index (χ1n) is 7.96. The normalized spacial score (nSPS) is 12.6. The highest BCUT2D eigenvalue weighted by Gasteiger charge is 2.16. The quantitative estimate of drug-likeness (QED) is 0.567. The fraction of sp³-hybridized carbons (Fsp3) is 0.263. The second-order valence-electron chi connectivity index (χ2n) is 5.57. The largest absolute Gasteiger partial charge is 0.481 e. The lowest BCUT2D eigenvalue weighted by Gasteiger charge is -2.15. The van der Waals surface area contributed by atoms with Gasteiger partial charge in [0.25, 0.3) is 5.91 Å². The molecule has 1 atom stereocenters. The molecule has 0 radical (unpaired) electrons. The Morgan fingerprint density at radius 2 is 1.92 bits per heavy atom. The number of rotatable bonds is 6. The lowest BCUT2D eigenvalue weighted by atomic mass is 10.1. The van der Waals surface area contributed by atoms with Crippen molar-refractivity contribution in [3.8, 4) is 5.75 Å². The van der Waals surface area contributed by atoms with E-state index in [-0.39, 0.29) is 5.91 Å². The maximum atomic E-state index is 12.2. The van der Waals surface area contributed by atoms with E-state index in [1.165, 1.54) is 0 Å². The number of halogens is 2. The molecule has 1 N–H and O–H groups in total. The van der Waals surface area contributed by atoms with Crippen LogP contribution in [0.1, 0.15) is 31.4 Å². The first-order valence-corrected chi connectivity index (χ1v) is 8.71. The van der Waals surface area contributed by atoms with Crippen LogP contribution in [0.2, 0.25) is 10.0 Å². The van der Waals surface area contributed by atoms with E-state index in [1.807, 2.05) is 32.0 Å². The van der Waals surface area contributed by atoms with Crippen LogP contribution in [-0.4, -0.2) is 17.7 Å². The summed E-state index contributed by atoms with van der Waals surface area (Å²) in [5.74, 6) is 0.281. The van der Waals surface area contributed by atoms with Gasteiger partial charge < -0.3 is 4.74 Å². The zero-order valence-corrected chi connectivity index (χ0v) is 15.9. The highest BCUT2D eigenvalue weighted by molar-refractivity contribution is 6.31. The third-order valence-electron chi connectivity index (χ3n) is 3.60. The highest BCUT2D eigenvalue weighted by atomic mass is 35.5. The number of aryl methyl sites for hydroxylation is 1. The van der Waals surface area contributed by atoms with E-state index in [1.54, 1.807) is 31.2 Å². The summed E-state index contributed by atoms with van der Waals surface area (Å²) in [6, 6.07) is 12.6. The van der Waals surface area contributed by atoms with Crippen LogP contribution in [0.5, 0.6) is 5.75 Å². The zero-order chi connectivity index (χ0) is 18.4. The molecule has 0 aliphatic heterocycles. The molecule has 0 saturated heterocycles. The molecule has 0 aromatic heterocycles. The summed E-state index contributed by atoms with van der Waals surface area (Å²) in [5, 5.41) is 5.46. The number of benzene rings is 2. The Kier molecular flexibility index (Phi) is 6.85. The molecule has 2 aromatic rings. The van der Waals surface area contributed by atoms with Gasteiger partial charge in [-0.1, -0.05) is 42.3 Å². The number of hydrazone groups is 1. The van der Waals surface area contributed by atoms with Crippen molar-refractivity contribution in [2.24, 2.45) is 5.10 Å².